The Kier molecular flexibility index (Phi) is 4.58. The third kappa shape index (κ3) is 3.52. The zero-order chi connectivity index (χ0) is 8.81. The molecule has 1 aliphatic heterocycles. The van der Waals surface area contributed by atoms with Crippen molar-refractivity contribution in [3.05, 3.63) is 0 Å². The summed E-state index contributed by atoms with van der Waals surface area (Å²) in [4.78, 5) is 0. The number of hydrogen-bond acceptors (Lipinski definition) is 3. The lowest BCUT2D eigenvalue weighted by Crippen LogP contribution is -2.35. The van der Waals surface area contributed by atoms with Crippen molar-refractivity contribution in [3.63, 3.8) is 0 Å². The van der Waals surface area contributed by atoms with Gasteiger partial charge in [-0.15, -0.1) is 0 Å². The fourth-order valence-electron chi connectivity index (χ4n) is 1.38. The molecule has 0 bridgehead atoms. The maximum atomic E-state index is 8.78. The first-order chi connectivity index (χ1) is 5.83. The molecule has 1 heterocycles. The summed E-state index contributed by atoms with van der Waals surface area (Å²) in [6.45, 7) is 5.05. The van der Waals surface area contributed by atoms with Crippen LogP contribution in [0.4, 0.5) is 0 Å². The molecule has 0 saturated carbocycles. The molecule has 1 rings (SSSR count). The molecule has 72 valence electrons. The molecule has 1 atom stereocenters. The summed E-state index contributed by atoms with van der Waals surface area (Å²) in [5.41, 5.74) is 0. The van der Waals surface area contributed by atoms with Crippen molar-refractivity contribution in [2.45, 2.75) is 25.8 Å². The molecule has 0 aliphatic carbocycles. The molecule has 0 spiro atoms. The number of ether oxygens (including phenoxy) is 1. The number of hydrogen-bond donors (Lipinski definition) is 2. The summed E-state index contributed by atoms with van der Waals surface area (Å²) < 4.78 is 5.26. The van der Waals surface area contributed by atoms with Gasteiger partial charge in [0.2, 0.25) is 0 Å². The van der Waals surface area contributed by atoms with E-state index >= 15 is 0 Å². The average Bonchev–Trinajstić information content (AvgIpc) is 2.16. The Morgan fingerprint density at radius 1 is 1.50 bits per heavy atom. The molecule has 0 aromatic heterocycles. The van der Waals surface area contributed by atoms with Crippen LogP contribution >= 0.6 is 0 Å². The summed E-state index contributed by atoms with van der Waals surface area (Å²) in [5, 5.41) is 12.1. The third-order valence-electron chi connectivity index (χ3n) is 2.37. The summed E-state index contributed by atoms with van der Waals surface area (Å²) in [6.07, 6.45) is 2.32. The number of rotatable bonds is 4. The summed E-state index contributed by atoms with van der Waals surface area (Å²) in [5.74, 6) is 0.743. The standard InChI is InChI=1S/C9H19NO2/c1-8(7-11)10-6-9-2-4-12-5-3-9/h8-11H,2-7H2,1H3/t8-/m0/s1. The Balaban J connectivity index is 2.05. The molecule has 3 nitrogen and oxygen atoms in total. The minimum atomic E-state index is 0.225. The van der Waals surface area contributed by atoms with E-state index in [1.165, 1.54) is 0 Å². The van der Waals surface area contributed by atoms with Crippen LogP contribution in [0.2, 0.25) is 0 Å². The Morgan fingerprint density at radius 3 is 2.75 bits per heavy atom. The smallest absolute Gasteiger partial charge is 0.0581 e. The van der Waals surface area contributed by atoms with E-state index in [1.807, 2.05) is 6.92 Å². The van der Waals surface area contributed by atoms with E-state index in [-0.39, 0.29) is 12.6 Å². The first-order valence-electron chi connectivity index (χ1n) is 4.75. The van der Waals surface area contributed by atoms with Gasteiger partial charge in [0.05, 0.1) is 6.61 Å². The minimum absolute atomic E-state index is 0.225. The molecule has 0 unspecified atom stereocenters. The zero-order valence-electron chi connectivity index (χ0n) is 7.75. The van der Waals surface area contributed by atoms with Crippen LogP contribution in [0.5, 0.6) is 0 Å². The fourth-order valence-corrected chi connectivity index (χ4v) is 1.38. The summed E-state index contributed by atoms with van der Waals surface area (Å²) in [7, 11) is 0. The van der Waals surface area contributed by atoms with E-state index in [2.05, 4.69) is 5.32 Å². The highest BCUT2D eigenvalue weighted by atomic mass is 16.5. The first-order valence-corrected chi connectivity index (χ1v) is 4.75. The van der Waals surface area contributed by atoms with E-state index < -0.39 is 0 Å². The quantitative estimate of drug-likeness (QED) is 0.646. The molecular weight excluding hydrogens is 154 g/mol. The molecular formula is C9H19NO2. The van der Waals surface area contributed by atoms with E-state index in [0.717, 1.165) is 38.5 Å². The molecule has 0 aromatic carbocycles. The molecule has 12 heavy (non-hydrogen) atoms. The zero-order valence-corrected chi connectivity index (χ0v) is 7.75. The van der Waals surface area contributed by atoms with Crippen LogP contribution in [0.15, 0.2) is 0 Å². The van der Waals surface area contributed by atoms with Crippen molar-refractivity contribution in [2.75, 3.05) is 26.4 Å². The molecule has 1 saturated heterocycles. The van der Waals surface area contributed by atoms with Gasteiger partial charge >= 0.3 is 0 Å². The second-order valence-corrected chi connectivity index (χ2v) is 3.55. The van der Waals surface area contributed by atoms with Crippen LogP contribution in [-0.2, 0) is 4.74 Å². The van der Waals surface area contributed by atoms with Crippen molar-refractivity contribution in [1.29, 1.82) is 0 Å². The molecule has 2 N–H and O–H groups in total. The molecule has 1 aliphatic rings. The lowest BCUT2D eigenvalue weighted by Gasteiger charge is -2.23. The highest BCUT2D eigenvalue weighted by Gasteiger charge is 2.13. The van der Waals surface area contributed by atoms with Crippen LogP contribution in [0, 0.1) is 5.92 Å². The van der Waals surface area contributed by atoms with Gasteiger partial charge in [0.15, 0.2) is 0 Å². The monoisotopic (exact) mass is 173 g/mol. The highest BCUT2D eigenvalue weighted by Crippen LogP contribution is 2.13. The van der Waals surface area contributed by atoms with E-state index in [9.17, 15) is 0 Å². The Morgan fingerprint density at radius 2 is 2.17 bits per heavy atom. The van der Waals surface area contributed by atoms with Crippen molar-refractivity contribution in [1.82, 2.24) is 5.32 Å². The SMILES string of the molecule is C[C@@H](CO)NCC1CCOCC1. The van der Waals surface area contributed by atoms with Gasteiger partial charge in [-0.25, -0.2) is 0 Å². The van der Waals surface area contributed by atoms with Crippen LogP contribution in [0.1, 0.15) is 19.8 Å². The average molecular weight is 173 g/mol. The molecule has 0 amide bonds. The van der Waals surface area contributed by atoms with Gasteiger partial charge in [0, 0.05) is 19.3 Å². The lowest BCUT2D eigenvalue weighted by molar-refractivity contribution is 0.0648. The molecule has 0 aromatic rings. The summed E-state index contributed by atoms with van der Waals surface area (Å²) in [6, 6.07) is 0.229. The van der Waals surface area contributed by atoms with Crippen molar-refractivity contribution in [3.8, 4) is 0 Å². The number of nitrogens with one attached hydrogen (secondary N) is 1. The fraction of sp³-hybridized carbons (Fsp3) is 1.00. The van der Waals surface area contributed by atoms with Gasteiger partial charge in [-0.2, -0.15) is 0 Å². The second kappa shape index (κ2) is 5.51. The van der Waals surface area contributed by atoms with Gasteiger partial charge in [-0.05, 0) is 32.2 Å². The Bertz CT molecular complexity index is 113. The second-order valence-electron chi connectivity index (χ2n) is 3.55. The predicted molar refractivity (Wildman–Crippen MR) is 48.1 cm³/mol. The lowest BCUT2D eigenvalue weighted by atomic mass is 10.0. The van der Waals surface area contributed by atoms with Gasteiger partial charge in [-0.3, -0.25) is 0 Å². The highest BCUT2D eigenvalue weighted by molar-refractivity contribution is 4.68. The topological polar surface area (TPSA) is 41.5 Å². The molecule has 1 fully saturated rings. The van der Waals surface area contributed by atoms with Crippen molar-refractivity contribution >= 4 is 0 Å². The number of aliphatic hydroxyl groups excluding tert-OH is 1. The maximum absolute atomic E-state index is 8.78. The van der Waals surface area contributed by atoms with Crippen LogP contribution in [0.25, 0.3) is 0 Å². The Hall–Kier alpha value is -0.120. The van der Waals surface area contributed by atoms with Gasteiger partial charge in [0.25, 0.3) is 0 Å². The van der Waals surface area contributed by atoms with Crippen LogP contribution < -0.4 is 5.32 Å². The summed E-state index contributed by atoms with van der Waals surface area (Å²) >= 11 is 0. The van der Waals surface area contributed by atoms with Crippen LogP contribution in [0.3, 0.4) is 0 Å². The normalized spacial score (nSPS) is 22.5. The van der Waals surface area contributed by atoms with E-state index in [0.29, 0.717) is 0 Å². The number of aliphatic hydroxyl groups is 1. The largest absolute Gasteiger partial charge is 0.395 e. The predicted octanol–water partition coefficient (Wildman–Crippen LogP) is 0.383. The van der Waals surface area contributed by atoms with E-state index in [1.54, 1.807) is 0 Å². The third-order valence-corrected chi connectivity index (χ3v) is 2.37. The molecule has 0 radical (unpaired) electrons. The molecule has 3 heteroatoms. The van der Waals surface area contributed by atoms with Gasteiger partial charge < -0.3 is 15.2 Å². The van der Waals surface area contributed by atoms with E-state index in [4.69, 9.17) is 9.84 Å². The van der Waals surface area contributed by atoms with Crippen LogP contribution in [-0.4, -0.2) is 37.5 Å². The maximum Gasteiger partial charge on any atom is 0.0581 e. The first kappa shape index (κ1) is 9.96. The van der Waals surface area contributed by atoms with Crippen molar-refractivity contribution < 1.29 is 9.84 Å². The van der Waals surface area contributed by atoms with Gasteiger partial charge in [0.1, 0.15) is 0 Å². The van der Waals surface area contributed by atoms with Gasteiger partial charge in [-0.1, -0.05) is 0 Å². The minimum Gasteiger partial charge on any atom is -0.395 e. The Labute approximate surface area is 74.1 Å². The van der Waals surface area contributed by atoms with Crippen molar-refractivity contribution in [2.24, 2.45) is 5.92 Å².